The van der Waals surface area contributed by atoms with E-state index in [1.54, 1.807) is 4.90 Å². The Kier molecular flexibility index (Phi) is 7.69. The molecule has 1 unspecified atom stereocenters. The van der Waals surface area contributed by atoms with Crippen LogP contribution in [0.1, 0.15) is 13.8 Å². The van der Waals surface area contributed by atoms with Gasteiger partial charge in [-0.25, -0.2) is 9.46 Å². The van der Waals surface area contributed by atoms with E-state index in [-0.39, 0.29) is 25.4 Å². The lowest BCUT2D eigenvalue weighted by atomic mass is 10.4. The molecule has 0 aromatic carbocycles. The Balaban J connectivity index is 2.45. The van der Waals surface area contributed by atoms with Crippen LogP contribution in [0.5, 0.6) is 0 Å². The third-order valence-electron chi connectivity index (χ3n) is 2.72. The van der Waals surface area contributed by atoms with Crippen molar-refractivity contribution in [1.82, 2.24) is 14.2 Å². The highest BCUT2D eigenvalue weighted by Gasteiger charge is 2.29. The van der Waals surface area contributed by atoms with Crippen LogP contribution < -0.4 is 0 Å². The molecule has 1 fully saturated rings. The summed E-state index contributed by atoms with van der Waals surface area (Å²) in [6.45, 7) is 6.76. The number of aliphatic hydroxyl groups excluding tert-OH is 1. The molecule has 8 heteroatoms. The first kappa shape index (κ1) is 17.6. The fourth-order valence-electron chi connectivity index (χ4n) is 1.88. The third kappa shape index (κ3) is 5.50. The highest BCUT2D eigenvalue weighted by atomic mass is 31.2. The molecule has 20 heavy (non-hydrogen) atoms. The van der Waals surface area contributed by atoms with Gasteiger partial charge in [0.1, 0.15) is 6.61 Å². The molecule has 0 bridgehead atoms. The van der Waals surface area contributed by atoms with E-state index in [2.05, 4.69) is 9.34 Å². The summed E-state index contributed by atoms with van der Waals surface area (Å²) in [5.74, 6) is 0. The zero-order valence-corrected chi connectivity index (χ0v) is 13.7. The number of hydrogen-bond donors (Lipinski definition) is 1. The minimum absolute atomic E-state index is 0.0555. The maximum Gasteiger partial charge on any atom is 0.409 e. The van der Waals surface area contributed by atoms with Gasteiger partial charge < -0.3 is 19.3 Å². The standard InChI is InChI=1S/C12H26N3O4P/c1-11(2)19-20(13(3)4)15-7-5-14(6-8-15)12(17)18-10-9-16/h11,16H,5-10H2,1-4H3. The lowest BCUT2D eigenvalue weighted by molar-refractivity contribution is 0.0721. The molecule has 1 heterocycles. The summed E-state index contributed by atoms with van der Waals surface area (Å²) >= 11 is 0. The van der Waals surface area contributed by atoms with E-state index in [0.717, 1.165) is 13.1 Å². The van der Waals surface area contributed by atoms with Crippen LogP contribution in [0.2, 0.25) is 0 Å². The molecule has 0 spiro atoms. The van der Waals surface area contributed by atoms with Crippen molar-refractivity contribution in [1.29, 1.82) is 0 Å². The summed E-state index contributed by atoms with van der Waals surface area (Å²) in [5, 5.41) is 8.65. The average Bonchev–Trinajstić information content (AvgIpc) is 2.42. The van der Waals surface area contributed by atoms with Gasteiger partial charge in [0.2, 0.25) is 0 Å². The Hall–Kier alpha value is -0.460. The maximum absolute atomic E-state index is 11.7. The Morgan fingerprint density at radius 3 is 2.35 bits per heavy atom. The van der Waals surface area contributed by atoms with Crippen LogP contribution >= 0.6 is 8.45 Å². The van der Waals surface area contributed by atoms with Gasteiger partial charge in [0.05, 0.1) is 12.7 Å². The van der Waals surface area contributed by atoms with Crippen molar-refractivity contribution in [3.63, 3.8) is 0 Å². The molecule has 0 aliphatic carbocycles. The number of ether oxygens (including phenoxy) is 1. The number of amides is 1. The maximum atomic E-state index is 11.7. The van der Waals surface area contributed by atoms with Gasteiger partial charge in [-0.1, -0.05) is 0 Å². The molecule has 1 N–H and O–H groups in total. The van der Waals surface area contributed by atoms with Crippen LogP contribution in [-0.2, 0) is 9.26 Å². The summed E-state index contributed by atoms with van der Waals surface area (Å²) in [6, 6.07) is 0. The van der Waals surface area contributed by atoms with Crippen LogP contribution in [0.15, 0.2) is 0 Å². The fraction of sp³-hybridized carbons (Fsp3) is 0.917. The van der Waals surface area contributed by atoms with Gasteiger partial charge in [0.15, 0.2) is 8.45 Å². The Labute approximate surface area is 122 Å². The number of nitrogens with zero attached hydrogens (tertiary/aromatic N) is 3. The van der Waals surface area contributed by atoms with Gasteiger partial charge in [-0.2, -0.15) is 0 Å². The second-order valence-corrected chi connectivity index (χ2v) is 7.11. The monoisotopic (exact) mass is 307 g/mol. The van der Waals surface area contributed by atoms with E-state index < -0.39 is 8.45 Å². The fourth-order valence-corrected chi connectivity index (χ4v) is 3.60. The highest BCUT2D eigenvalue weighted by molar-refractivity contribution is 7.47. The Bertz CT molecular complexity index is 296. The molecule has 1 aliphatic rings. The van der Waals surface area contributed by atoms with E-state index in [0.29, 0.717) is 13.1 Å². The molecule has 7 nitrogen and oxygen atoms in total. The van der Waals surface area contributed by atoms with Gasteiger partial charge in [-0.3, -0.25) is 4.67 Å². The molecule has 1 rings (SSSR count). The van der Waals surface area contributed by atoms with Gasteiger partial charge >= 0.3 is 6.09 Å². The third-order valence-corrected chi connectivity index (χ3v) is 4.90. The van der Waals surface area contributed by atoms with Gasteiger partial charge in [-0.15, -0.1) is 0 Å². The Morgan fingerprint density at radius 1 is 1.30 bits per heavy atom. The first-order chi connectivity index (χ1) is 9.45. The number of aliphatic hydroxyl groups is 1. The van der Waals surface area contributed by atoms with Crippen molar-refractivity contribution in [3.8, 4) is 0 Å². The lowest BCUT2D eigenvalue weighted by Gasteiger charge is -2.40. The SMILES string of the molecule is CC(C)OP(N(C)C)N1CCN(C(=O)OCCO)CC1. The van der Waals surface area contributed by atoms with E-state index in [4.69, 9.17) is 14.4 Å². The van der Waals surface area contributed by atoms with Crippen LogP contribution in [0.4, 0.5) is 4.79 Å². The molecule has 0 aromatic heterocycles. The van der Waals surface area contributed by atoms with Crippen molar-refractivity contribution in [3.05, 3.63) is 0 Å². The minimum atomic E-state index is -0.779. The minimum Gasteiger partial charge on any atom is -0.447 e. The smallest absolute Gasteiger partial charge is 0.409 e. The van der Waals surface area contributed by atoms with Crippen LogP contribution in [0.3, 0.4) is 0 Å². The van der Waals surface area contributed by atoms with E-state index in [9.17, 15) is 4.79 Å². The quantitative estimate of drug-likeness (QED) is 0.737. The van der Waals surface area contributed by atoms with Crippen molar-refractivity contribution in [2.45, 2.75) is 20.0 Å². The van der Waals surface area contributed by atoms with Crippen LogP contribution in [0, 0.1) is 0 Å². The molecular formula is C12H26N3O4P. The zero-order chi connectivity index (χ0) is 15.1. The predicted octanol–water partition coefficient (Wildman–Crippen LogP) is 0.946. The summed E-state index contributed by atoms with van der Waals surface area (Å²) in [6.07, 6.45) is -0.172. The summed E-state index contributed by atoms with van der Waals surface area (Å²) < 4.78 is 15.2. The molecule has 1 atom stereocenters. The first-order valence-corrected chi connectivity index (χ1v) is 8.03. The second kappa shape index (κ2) is 8.74. The van der Waals surface area contributed by atoms with Crippen LogP contribution in [0.25, 0.3) is 0 Å². The number of rotatable bonds is 6. The molecule has 118 valence electrons. The van der Waals surface area contributed by atoms with E-state index >= 15 is 0 Å². The Morgan fingerprint density at radius 2 is 1.90 bits per heavy atom. The van der Waals surface area contributed by atoms with E-state index in [1.165, 1.54) is 0 Å². The van der Waals surface area contributed by atoms with Crippen molar-refractivity contribution >= 4 is 14.5 Å². The van der Waals surface area contributed by atoms with Gasteiger partial charge in [0, 0.05) is 26.2 Å². The number of piperazine rings is 1. The van der Waals surface area contributed by atoms with Gasteiger partial charge in [0.25, 0.3) is 0 Å². The average molecular weight is 307 g/mol. The van der Waals surface area contributed by atoms with E-state index in [1.807, 2.05) is 27.9 Å². The topological polar surface area (TPSA) is 65.5 Å². The number of carbonyl (C=O) groups excluding carboxylic acids is 1. The van der Waals surface area contributed by atoms with Crippen molar-refractivity contribution in [2.75, 3.05) is 53.5 Å². The molecule has 0 radical (unpaired) electrons. The largest absolute Gasteiger partial charge is 0.447 e. The summed E-state index contributed by atoms with van der Waals surface area (Å²) in [7, 11) is 3.24. The normalized spacial score (nSPS) is 18.6. The number of carbonyl (C=O) groups is 1. The molecule has 1 amide bonds. The zero-order valence-electron chi connectivity index (χ0n) is 12.8. The molecular weight excluding hydrogens is 281 g/mol. The summed E-state index contributed by atoms with van der Waals surface area (Å²) in [4.78, 5) is 13.4. The molecule has 0 saturated carbocycles. The second-order valence-electron chi connectivity index (χ2n) is 5.03. The highest BCUT2D eigenvalue weighted by Crippen LogP contribution is 2.44. The number of hydrogen-bond acceptors (Lipinski definition) is 6. The van der Waals surface area contributed by atoms with Crippen molar-refractivity contribution < 1.29 is 19.2 Å². The summed E-state index contributed by atoms with van der Waals surface area (Å²) in [5.41, 5.74) is 0. The van der Waals surface area contributed by atoms with Crippen molar-refractivity contribution in [2.24, 2.45) is 0 Å². The molecule has 1 saturated heterocycles. The first-order valence-electron chi connectivity index (χ1n) is 6.87. The molecule has 0 aromatic rings. The predicted molar refractivity (Wildman–Crippen MR) is 78.4 cm³/mol. The van der Waals surface area contributed by atoms with Gasteiger partial charge in [-0.05, 0) is 27.9 Å². The lowest BCUT2D eigenvalue weighted by Crippen LogP contribution is -2.48. The molecule has 1 aliphatic heterocycles. The van der Waals surface area contributed by atoms with Crippen LogP contribution in [-0.4, -0.2) is 85.0 Å².